The van der Waals surface area contributed by atoms with Crippen molar-refractivity contribution in [3.63, 3.8) is 0 Å². The van der Waals surface area contributed by atoms with E-state index in [2.05, 4.69) is 19.2 Å². The van der Waals surface area contributed by atoms with Crippen molar-refractivity contribution in [1.29, 1.82) is 0 Å². The minimum absolute atomic E-state index is 0.338. The van der Waals surface area contributed by atoms with Gasteiger partial charge in [-0.05, 0) is 13.0 Å². The second-order valence-corrected chi connectivity index (χ2v) is 4.55. The zero-order valence-corrected chi connectivity index (χ0v) is 12.0. The fourth-order valence-corrected chi connectivity index (χ4v) is 1.87. The van der Waals surface area contributed by atoms with Crippen molar-refractivity contribution >= 4 is 0 Å². The number of methoxy groups -OCH3 is 1. The van der Waals surface area contributed by atoms with Crippen LogP contribution in [0.5, 0.6) is 0 Å². The summed E-state index contributed by atoms with van der Waals surface area (Å²) in [7, 11) is 1.73. The summed E-state index contributed by atoms with van der Waals surface area (Å²) in [6, 6.07) is 0.338. The lowest BCUT2D eigenvalue weighted by molar-refractivity contribution is 0.0728. The molecule has 0 aromatic carbocycles. The molecule has 0 rings (SSSR count). The van der Waals surface area contributed by atoms with E-state index in [0.29, 0.717) is 6.04 Å². The molecular formula is C14H31NO2. The Bertz CT molecular complexity index is 136. The summed E-state index contributed by atoms with van der Waals surface area (Å²) in [4.78, 5) is 0. The standard InChI is InChI=1S/C14H31NO2/c1-4-6-7-8-9-10-11-17-13-14(12-16-3)15-5-2/h14-15H,4-13H2,1-3H3. The van der Waals surface area contributed by atoms with Crippen molar-refractivity contribution < 1.29 is 9.47 Å². The first kappa shape index (κ1) is 16.9. The average molecular weight is 245 g/mol. The number of nitrogens with one attached hydrogen (secondary N) is 1. The number of hydrogen-bond donors (Lipinski definition) is 1. The summed E-state index contributed by atoms with van der Waals surface area (Å²) in [5, 5.41) is 3.35. The molecule has 1 unspecified atom stereocenters. The molecule has 104 valence electrons. The highest BCUT2D eigenvalue weighted by molar-refractivity contribution is 4.63. The van der Waals surface area contributed by atoms with E-state index in [4.69, 9.17) is 9.47 Å². The fraction of sp³-hybridized carbons (Fsp3) is 1.00. The summed E-state index contributed by atoms with van der Waals surface area (Å²) >= 11 is 0. The highest BCUT2D eigenvalue weighted by Crippen LogP contribution is 2.04. The van der Waals surface area contributed by atoms with Crippen molar-refractivity contribution in [2.45, 2.75) is 58.4 Å². The molecule has 0 aliphatic heterocycles. The van der Waals surface area contributed by atoms with Gasteiger partial charge in [-0.2, -0.15) is 0 Å². The first-order chi connectivity index (χ1) is 8.35. The van der Waals surface area contributed by atoms with E-state index in [0.717, 1.165) is 26.4 Å². The van der Waals surface area contributed by atoms with Crippen molar-refractivity contribution in [2.75, 3.05) is 33.5 Å². The smallest absolute Gasteiger partial charge is 0.0642 e. The highest BCUT2D eigenvalue weighted by Gasteiger charge is 2.05. The van der Waals surface area contributed by atoms with Gasteiger partial charge >= 0.3 is 0 Å². The van der Waals surface area contributed by atoms with Gasteiger partial charge in [-0.15, -0.1) is 0 Å². The molecule has 0 spiro atoms. The van der Waals surface area contributed by atoms with Gasteiger partial charge in [-0.25, -0.2) is 0 Å². The third kappa shape index (κ3) is 12.1. The molecule has 0 fully saturated rings. The minimum atomic E-state index is 0.338. The molecular weight excluding hydrogens is 214 g/mol. The molecule has 0 amide bonds. The van der Waals surface area contributed by atoms with E-state index >= 15 is 0 Å². The summed E-state index contributed by atoms with van der Waals surface area (Å²) < 4.78 is 10.8. The third-order valence-electron chi connectivity index (χ3n) is 2.82. The van der Waals surface area contributed by atoms with Crippen LogP contribution < -0.4 is 5.32 Å². The molecule has 0 aliphatic rings. The Balaban J connectivity index is 3.23. The van der Waals surface area contributed by atoms with Gasteiger partial charge in [-0.3, -0.25) is 0 Å². The number of rotatable bonds is 13. The highest BCUT2D eigenvalue weighted by atomic mass is 16.5. The monoisotopic (exact) mass is 245 g/mol. The topological polar surface area (TPSA) is 30.5 Å². The summed E-state index contributed by atoms with van der Waals surface area (Å²) in [5.41, 5.74) is 0. The maximum Gasteiger partial charge on any atom is 0.0642 e. The van der Waals surface area contributed by atoms with Gasteiger partial charge in [0.2, 0.25) is 0 Å². The van der Waals surface area contributed by atoms with Gasteiger partial charge in [0.05, 0.1) is 19.3 Å². The van der Waals surface area contributed by atoms with E-state index in [-0.39, 0.29) is 0 Å². The van der Waals surface area contributed by atoms with Gasteiger partial charge in [0.25, 0.3) is 0 Å². The lowest BCUT2D eigenvalue weighted by Crippen LogP contribution is -2.37. The average Bonchev–Trinajstić information content (AvgIpc) is 2.33. The van der Waals surface area contributed by atoms with Crippen LogP contribution in [0.4, 0.5) is 0 Å². The Morgan fingerprint density at radius 3 is 2.29 bits per heavy atom. The molecule has 0 saturated carbocycles. The van der Waals surface area contributed by atoms with Crippen LogP contribution in [0.2, 0.25) is 0 Å². The van der Waals surface area contributed by atoms with Crippen molar-refractivity contribution in [2.24, 2.45) is 0 Å². The molecule has 0 aromatic rings. The molecule has 0 bridgehead atoms. The lowest BCUT2D eigenvalue weighted by Gasteiger charge is -2.16. The predicted octanol–water partition coefficient (Wildman–Crippen LogP) is 2.99. The van der Waals surface area contributed by atoms with Gasteiger partial charge < -0.3 is 14.8 Å². The Morgan fingerprint density at radius 2 is 1.65 bits per heavy atom. The maximum atomic E-state index is 5.66. The first-order valence-corrected chi connectivity index (χ1v) is 7.15. The van der Waals surface area contributed by atoms with Crippen molar-refractivity contribution in [3.05, 3.63) is 0 Å². The molecule has 0 aromatic heterocycles. The quantitative estimate of drug-likeness (QED) is 0.506. The van der Waals surface area contributed by atoms with Crippen LogP contribution in [-0.4, -0.2) is 39.5 Å². The van der Waals surface area contributed by atoms with Crippen LogP contribution in [0.25, 0.3) is 0 Å². The SMILES string of the molecule is CCCCCCCCOCC(COC)NCC. The Morgan fingerprint density at radius 1 is 0.941 bits per heavy atom. The van der Waals surface area contributed by atoms with Gasteiger partial charge in [0.15, 0.2) is 0 Å². The second-order valence-electron chi connectivity index (χ2n) is 4.55. The molecule has 0 saturated heterocycles. The third-order valence-corrected chi connectivity index (χ3v) is 2.82. The van der Waals surface area contributed by atoms with E-state index in [1.165, 1.54) is 38.5 Å². The summed E-state index contributed by atoms with van der Waals surface area (Å²) in [6.45, 7) is 7.70. The Labute approximate surface area is 107 Å². The van der Waals surface area contributed by atoms with Gasteiger partial charge in [-0.1, -0.05) is 46.0 Å². The summed E-state index contributed by atoms with van der Waals surface area (Å²) in [5.74, 6) is 0. The molecule has 1 N–H and O–H groups in total. The first-order valence-electron chi connectivity index (χ1n) is 7.15. The normalized spacial score (nSPS) is 12.9. The van der Waals surface area contributed by atoms with Crippen LogP contribution >= 0.6 is 0 Å². The van der Waals surface area contributed by atoms with E-state index in [1.54, 1.807) is 7.11 Å². The second kappa shape index (κ2) is 13.9. The minimum Gasteiger partial charge on any atom is -0.383 e. The number of ether oxygens (including phenoxy) is 2. The lowest BCUT2D eigenvalue weighted by atomic mass is 10.1. The van der Waals surface area contributed by atoms with Gasteiger partial charge in [0.1, 0.15) is 0 Å². The molecule has 3 heteroatoms. The summed E-state index contributed by atoms with van der Waals surface area (Å²) in [6.07, 6.45) is 7.91. The molecule has 1 atom stereocenters. The predicted molar refractivity (Wildman–Crippen MR) is 73.5 cm³/mol. The Kier molecular flexibility index (Phi) is 13.8. The maximum absolute atomic E-state index is 5.66. The molecule has 0 radical (unpaired) electrons. The van der Waals surface area contributed by atoms with E-state index in [9.17, 15) is 0 Å². The van der Waals surface area contributed by atoms with Crippen molar-refractivity contribution in [1.82, 2.24) is 5.32 Å². The largest absolute Gasteiger partial charge is 0.383 e. The zero-order valence-electron chi connectivity index (χ0n) is 12.0. The van der Waals surface area contributed by atoms with Crippen LogP contribution in [0.15, 0.2) is 0 Å². The van der Waals surface area contributed by atoms with Crippen LogP contribution in [0.3, 0.4) is 0 Å². The van der Waals surface area contributed by atoms with Crippen molar-refractivity contribution in [3.8, 4) is 0 Å². The zero-order chi connectivity index (χ0) is 12.8. The molecule has 17 heavy (non-hydrogen) atoms. The fourth-order valence-electron chi connectivity index (χ4n) is 1.87. The van der Waals surface area contributed by atoms with Crippen LogP contribution in [0.1, 0.15) is 52.4 Å². The molecule has 3 nitrogen and oxygen atoms in total. The number of hydrogen-bond acceptors (Lipinski definition) is 3. The van der Waals surface area contributed by atoms with Crippen LogP contribution in [-0.2, 0) is 9.47 Å². The molecule has 0 aliphatic carbocycles. The van der Waals surface area contributed by atoms with E-state index < -0.39 is 0 Å². The van der Waals surface area contributed by atoms with E-state index in [1.807, 2.05) is 0 Å². The Hall–Kier alpha value is -0.120. The van der Waals surface area contributed by atoms with Gasteiger partial charge in [0, 0.05) is 13.7 Å². The van der Waals surface area contributed by atoms with Crippen LogP contribution in [0, 0.1) is 0 Å². The molecule has 0 heterocycles. The number of likely N-dealkylation sites (N-methyl/N-ethyl adjacent to an activating group) is 1. The number of unbranched alkanes of at least 4 members (excludes halogenated alkanes) is 5.